The van der Waals surface area contributed by atoms with Gasteiger partial charge >= 0.3 is 0 Å². The van der Waals surface area contributed by atoms with Gasteiger partial charge in [0.1, 0.15) is 6.61 Å². The first-order valence-electron chi connectivity index (χ1n) is 10.2. The predicted octanol–water partition coefficient (Wildman–Crippen LogP) is 4.09. The van der Waals surface area contributed by atoms with E-state index in [0.717, 1.165) is 49.6 Å². The summed E-state index contributed by atoms with van der Waals surface area (Å²) in [5.41, 5.74) is 6.19. The summed E-state index contributed by atoms with van der Waals surface area (Å²) in [6.45, 7) is 2.33. The zero-order valence-corrected chi connectivity index (χ0v) is 17.5. The largest absolute Gasteiger partial charge is 0.493 e. The van der Waals surface area contributed by atoms with Crippen molar-refractivity contribution in [2.24, 2.45) is 4.99 Å². The lowest BCUT2D eigenvalue weighted by Gasteiger charge is -2.21. The molecule has 3 aromatic rings. The second-order valence-corrected chi connectivity index (χ2v) is 7.75. The van der Waals surface area contributed by atoms with Crippen LogP contribution < -0.4 is 9.47 Å². The summed E-state index contributed by atoms with van der Waals surface area (Å²) in [7, 11) is 5.79. The Bertz CT molecular complexity index is 1020. The van der Waals surface area contributed by atoms with Gasteiger partial charge in [0.25, 0.3) is 0 Å². The van der Waals surface area contributed by atoms with Crippen LogP contribution in [0.3, 0.4) is 0 Å². The summed E-state index contributed by atoms with van der Waals surface area (Å²) < 4.78 is 11.6. The number of aromatic nitrogens is 1. The SMILES string of the molecule is COc1cc2c(cc1OCCN(C)C)C(CCc1c[nH]c3ccccc13)=NCC2. The fourth-order valence-corrected chi connectivity index (χ4v) is 3.89. The third-order valence-electron chi connectivity index (χ3n) is 5.49. The van der Waals surface area contributed by atoms with E-state index in [1.54, 1.807) is 7.11 Å². The van der Waals surface area contributed by atoms with Gasteiger partial charge in [0.05, 0.1) is 7.11 Å². The highest BCUT2D eigenvalue weighted by atomic mass is 16.5. The van der Waals surface area contributed by atoms with Gasteiger partial charge in [0, 0.05) is 41.5 Å². The highest BCUT2D eigenvalue weighted by Gasteiger charge is 2.19. The number of rotatable bonds is 8. The minimum absolute atomic E-state index is 0.629. The maximum absolute atomic E-state index is 6.03. The van der Waals surface area contributed by atoms with E-state index in [2.05, 4.69) is 52.5 Å². The molecule has 0 radical (unpaired) electrons. The number of H-pyrrole nitrogens is 1. The van der Waals surface area contributed by atoms with Gasteiger partial charge in [-0.05, 0) is 62.7 Å². The highest BCUT2D eigenvalue weighted by Crippen LogP contribution is 2.33. The summed E-state index contributed by atoms with van der Waals surface area (Å²) in [4.78, 5) is 10.3. The molecule has 2 aromatic carbocycles. The molecular formula is C24H29N3O2. The number of fused-ring (bicyclic) bond motifs is 2. The lowest BCUT2D eigenvalue weighted by Crippen LogP contribution is -2.20. The molecule has 0 atom stereocenters. The molecule has 4 rings (SSSR count). The Morgan fingerprint density at radius 3 is 2.79 bits per heavy atom. The quantitative estimate of drug-likeness (QED) is 0.629. The second-order valence-electron chi connectivity index (χ2n) is 7.75. The number of aryl methyl sites for hydroxylation is 1. The van der Waals surface area contributed by atoms with Crippen molar-refractivity contribution in [2.75, 3.05) is 40.9 Å². The van der Waals surface area contributed by atoms with Crippen molar-refractivity contribution in [3.63, 3.8) is 0 Å². The van der Waals surface area contributed by atoms with Crippen molar-refractivity contribution in [3.8, 4) is 11.5 Å². The summed E-state index contributed by atoms with van der Waals surface area (Å²) in [5, 5.41) is 1.30. The normalized spacial score (nSPS) is 13.4. The molecule has 0 spiro atoms. The van der Waals surface area contributed by atoms with Gasteiger partial charge in [-0.25, -0.2) is 0 Å². The summed E-state index contributed by atoms with van der Waals surface area (Å²) in [6.07, 6.45) is 4.95. The van der Waals surface area contributed by atoms with E-state index < -0.39 is 0 Å². The number of para-hydroxylation sites is 1. The monoisotopic (exact) mass is 391 g/mol. The standard InChI is InChI=1S/C24H29N3O2/c1-27(2)12-13-29-24-15-20-17(14-23(24)28-3)10-11-25-22(20)9-8-18-16-26-21-7-5-4-6-19(18)21/h4-7,14-16,26H,8-13H2,1-3H3. The zero-order chi connectivity index (χ0) is 20.2. The number of hydrogen-bond acceptors (Lipinski definition) is 4. The number of nitrogens with zero attached hydrogens (tertiary/aromatic N) is 2. The van der Waals surface area contributed by atoms with Crippen LogP contribution in [0, 0.1) is 0 Å². The molecule has 0 aliphatic carbocycles. The number of aliphatic imine (C=N–C) groups is 1. The van der Waals surface area contributed by atoms with Gasteiger partial charge in [-0.2, -0.15) is 0 Å². The molecule has 0 fully saturated rings. The molecule has 5 nitrogen and oxygen atoms in total. The first kappa shape index (κ1) is 19.5. The van der Waals surface area contributed by atoms with Crippen LogP contribution in [0.5, 0.6) is 11.5 Å². The van der Waals surface area contributed by atoms with Crippen molar-refractivity contribution in [1.29, 1.82) is 0 Å². The highest BCUT2D eigenvalue weighted by molar-refractivity contribution is 6.03. The van der Waals surface area contributed by atoms with Crippen molar-refractivity contribution >= 4 is 16.6 Å². The summed E-state index contributed by atoms with van der Waals surface area (Å²) in [6, 6.07) is 12.7. The third kappa shape index (κ3) is 4.30. The fraction of sp³-hybridized carbons (Fsp3) is 0.375. The minimum atomic E-state index is 0.629. The number of aromatic amines is 1. The topological polar surface area (TPSA) is 49.9 Å². The fourth-order valence-electron chi connectivity index (χ4n) is 3.89. The molecule has 2 heterocycles. The summed E-state index contributed by atoms with van der Waals surface area (Å²) >= 11 is 0. The lowest BCUT2D eigenvalue weighted by molar-refractivity contribution is 0.250. The minimum Gasteiger partial charge on any atom is -0.493 e. The summed E-state index contributed by atoms with van der Waals surface area (Å²) in [5.74, 6) is 1.61. The van der Waals surface area contributed by atoms with E-state index in [0.29, 0.717) is 6.61 Å². The molecule has 0 amide bonds. The second kappa shape index (κ2) is 8.70. The molecular weight excluding hydrogens is 362 g/mol. The Balaban J connectivity index is 1.54. The van der Waals surface area contributed by atoms with Gasteiger partial charge in [-0.15, -0.1) is 0 Å². The van der Waals surface area contributed by atoms with E-state index in [9.17, 15) is 0 Å². The molecule has 29 heavy (non-hydrogen) atoms. The molecule has 0 bridgehead atoms. The molecule has 1 N–H and O–H groups in total. The number of likely N-dealkylation sites (N-methyl/N-ethyl adjacent to an activating group) is 1. The van der Waals surface area contributed by atoms with Gasteiger partial charge in [-0.3, -0.25) is 4.99 Å². The van der Waals surface area contributed by atoms with E-state index in [4.69, 9.17) is 14.5 Å². The van der Waals surface area contributed by atoms with Crippen LogP contribution in [-0.2, 0) is 12.8 Å². The van der Waals surface area contributed by atoms with Gasteiger partial charge in [0.2, 0.25) is 0 Å². The average Bonchev–Trinajstić information content (AvgIpc) is 3.14. The molecule has 1 aliphatic heterocycles. The van der Waals surface area contributed by atoms with E-state index >= 15 is 0 Å². The molecule has 0 saturated carbocycles. The number of hydrogen-bond donors (Lipinski definition) is 1. The van der Waals surface area contributed by atoms with Crippen LogP contribution in [0.2, 0.25) is 0 Å². The lowest BCUT2D eigenvalue weighted by atomic mass is 9.93. The number of nitrogens with one attached hydrogen (secondary N) is 1. The molecule has 152 valence electrons. The van der Waals surface area contributed by atoms with Crippen LogP contribution in [0.1, 0.15) is 23.1 Å². The maximum atomic E-state index is 6.03. The number of benzene rings is 2. The molecule has 5 heteroatoms. The van der Waals surface area contributed by atoms with Crippen molar-refractivity contribution < 1.29 is 9.47 Å². The van der Waals surface area contributed by atoms with Crippen LogP contribution in [0.4, 0.5) is 0 Å². The van der Waals surface area contributed by atoms with Crippen LogP contribution in [-0.4, -0.2) is 56.5 Å². The van der Waals surface area contributed by atoms with E-state index in [-0.39, 0.29) is 0 Å². The number of ether oxygens (including phenoxy) is 2. The van der Waals surface area contributed by atoms with E-state index in [1.807, 2.05) is 14.1 Å². The maximum Gasteiger partial charge on any atom is 0.161 e. The predicted molar refractivity (Wildman–Crippen MR) is 119 cm³/mol. The molecule has 0 unspecified atom stereocenters. The molecule has 0 saturated heterocycles. The number of methoxy groups -OCH3 is 1. The van der Waals surface area contributed by atoms with Gasteiger partial charge in [-0.1, -0.05) is 18.2 Å². The van der Waals surface area contributed by atoms with Crippen LogP contribution >= 0.6 is 0 Å². The molecule has 1 aromatic heterocycles. The van der Waals surface area contributed by atoms with E-state index in [1.165, 1.54) is 27.6 Å². The Labute approximate surface area is 172 Å². The molecule has 1 aliphatic rings. The Hall–Kier alpha value is -2.79. The Morgan fingerprint density at radius 2 is 1.97 bits per heavy atom. The Morgan fingerprint density at radius 1 is 1.10 bits per heavy atom. The van der Waals surface area contributed by atoms with Crippen LogP contribution in [0.15, 0.2) is 47.6 Å². The van der Waals surface area contributed by atoms with Crippen molar-refractivity contribution in [3.05, 3.63) is 59.3 Å². The first-order valence-corrected chi connectivity index (χ1v) is 10.2. The van der Waals surface area contributed by atoms with Gasteiger partial charge in [0.15, 0.2) is 11.5 Å². The van der Waals surface area contributed by atoms with Crippen molar-refractivity contribution in [1.82, 2.24) is 9.88 Å². The van der Waals surface area contributed by atoms with Crippen molar-refractivity contribution in [2.45, 2.75) is 19.3 Å². The van der Waals surface area contributed by atoms with Gasteiger partial charge < -0.3 is 19.4 Å². The Kier molecular flexibility index (Phi) is 5.86. The third-order valence-corrected chi connectivity index (χ3v) is 5.49. The smallest absolute Gasteiger partial charge is 0.161 e. The zero-order valence-electron chi connectivity index (χ0n) is 17.5. The van der Waals surface area contributed by atoms with Crippen LogP contribution in [0.25, 0.3) is 10.9 Å². The average molecular weight is 392 g/mol. The first-order chi connectivity index (χ1) is 14.2.